The van der Waals surface area contributed by atoms with Crippen molar-refractivity contribution < 1.29 is 13.9 Å². The number of amides is 1. The van der Waals surface area contributed by atoms with Gasteiger partial charge in [-0.3, -0.25) is 4.79 Å². The summed E-state index contributed by atoms with van der Waals surface area (Å²) in [5.41, 5.74) is 4.30. The summed E-state index contributed by atoms with van der Waals surface area (Å²) in [6.07, 6.45) is 1.49. The molecule has 1 amide bonds. The molecule has 5 rings (SSSR count). The number of ether oxygens (including phenoxy) is 1. The minimum Gasteiger partial charge on any atom is -0.381 e. The maximum atomic E-state index is 13.9. The Balaban J connectivity index is 1.21. The number of aromatic nitrogens is 2. The maximum Gasteiger partial charge on any atom is 0.251 e. The minimum atomic E-state index is -0.320. The molecule has 1 aliphatic heterocycles. The van der Waals surface area contributed by atoms with Gasteiger partial charge in [-0.05, 0) is 60.4 Å². The summed E-state index contributed by atoms with van der Waals surface area (Å²) in [6, 6.07) is 22.3. The van der Waals surface area contributed by atoms with E-state index in [1.807, 2.05) is 54.6 Å². The van der Waals surface area contributed by atoms with E-state index >= 15 is 0 Å². The zero-order valence-electron chi connectivity index (χ0n) is 18.7. The number of imidazole rings is 1. The molecule has 4 aromatic rings. The van der Waals surface area contributed by atoms with Crippen LogP contribution in [0, 0.1) is 5.82 Å². The number of thioether (sulfide) groups is 1. The number of hydrogen-bond acceptors (Lipinski definition) is 4. The van der Waals surface area contributed by atoms with Crippen LogP contribution in [0.1, 0.15) is 34.3 Å². The van der Waals surface area contributed by atoms with Crippen LogP contribution in [0.3, 0.4) is 0 Å². The van der Waals surface area contributed by atoms with Gasteiger partial charge in [-0.1, -0.05) is 48.2 Å². The lowest BCUT2D eigenvalue weighted by Crippen LogP contribution is -2.44. The van der Waals surface area contributed by atoms with Gasteiger partial charge in [-0.15, -0.1) is 0 Å². The standard InChI is InChI=1S/C27H26FN3O2S/c28-22-5-3-4-21(16-22)27(12-14-33-15-13-27)18-29-25(32)20-10-8-19(9-11-20)17-34-26-30-23-6-1-2-7-24(23)31-26/h1-11,16H,12-15,17-18H2,(H,29,32)(H,30,31). The lowest BCUT2D eigenvalue weighted by atomic mass is 9.74. The largest absolute Gasteiger partial charge is 0.381 e. The second-order valence-corrected chi connectivity index (χ2v) is 9.59. The highest BCUT2D eigenvalue weighted by Gasteiger charge is 2.35. The van der Waals surface area contributed by atoms with Crippen molar-refractivity contribution in [2.45, 2.75) is 29.2 Å². The van der Waals surface area contributed by atoms with Crippen LogP contribution in [0.5, 0.6) is 0 Å². The summed E-state index contributed by atoms with van der Waals surface area (Å²) in [5.74, 6) is 0.370. The number of rotatable bonds is 7. The van der Waals surface area contributed by atoms with Crippen LogP contribution < -0.4 is 5.32 Å². The van der Waals surface area contributed by atoms with Gasteiger partial charge in [0.25, 0.3) is 5.91 Å². The van der Waals surface area contributed by atoms with Crippen LogP contribution in [-0.4, -0.2) is 35.6 Å². The van der Waals surface area contributed by atoms with Crippen molar-refractivity contribution in [2.75, 3.05) is 19.8 Å². The Bertz CT molecular complexity index is 1250. The third-order valence-corrected chi connectivity index (χ3v) is 7.38. The normalized spacial score (nSPS) is 15.3. The Morgan fingerprint density at radius 3 is 2.62 bits per heavy atom. The average molecular weight is 476 g/mol. The predicted molar refractivity (Wildman–Crippen MR) is 133 cm³/mol. The van der Waals surface area contributed by atoms with Crippen LogP contribution in [-0.2, 0) is 15.9 Å². The zero-order valence-corrected chi connectivity index (χ0v) is 19.5. The monoisotopic (exact) mass is 475 g/mol. The van der Waals surface area contributed by atoms with Gasteiger partial charge in [0.05, 0.1) is 11.0 Å². The summed E-state index contributed by atoms with van der Waals surface area (Å²) in [5, 5.41) is 3.96. The number of para-hydroxylation sites is 2. The summed E-state index contributed by atoms with van der Waals surface area (Å²) >= 11 is 1.63. The molecule has 0 saturated carbocycles. The van der Waals surface area contributed by atoms with Gasteiger partial charge >= 0.3 is 0 Å². The highest BCUT2D eigenvalue weighted by atomic mass is 32.2. The number of halogens is 1. The number of aromatic amines is 1. The van der Waals surface area contributed by atoms with Gasteiger partial charge in [-0.2, -0.15) is 0 Å². The number of nitrogens with one attached hydrogen (secondary N) is 2. The highest BCUT2D eigenvalue weighted by Crippen LogP contribution is 2.34. The van der Waals surface area contributed by atoms with Gasteiger partial charge < -0.3 is 15.0 Å². The van der Waals surface area contributed by atoms with E-state index < -0.39 is 0 Å². The van der Waals surface area contributed by atoms with Crippen molar-refractivity contribution in [3.05, 3.63) is 95.3 Å². The molecule has 1 saturated heterocycles. The molecule has 174 valence electrons. The molecule has 1 aliphatic rings. The number of H-pyrrole nitrogens is 1. The van der Waals surface area contributed by atoms with Crippen molar-refractivity contribution in [2.24, 2.45) is 0 Å². The first-order chi connectivity index (χ1) is 16.6. The molecule has 0 atom stereocenters. The fourth-order valence-corrected chi connectivity index (χ4v) is 5.24. The molecule has 0 bridgehead atoms. The molecule has 1 fully saturated rings. The van der Waals surface area contributed by atoms with E-state index in [0.717, 1.165) is 45.9 Å². The maximum absolute atomic E-state index is 13.9. The second-order valence-electron chi connectivity index (χ2n) is 8.63. The van der Waals surface area contributed by atoms with E-state index in [0.29, 0.717) is 25.3 Å². The molecule has 2 heterocycles. The molecule has 34 heavy (non-hydrogen) atoms. The smallest absolute Gasteiger partial charge is 0.251 e. The van der Waals surface area contributed by atoms with E-state index in [1.54, 1.807) is 23.9 Å². The molecule has 0 unspecified atom stereocenters. The quantitative estimate of drug-likeness (QED) is 0.348. The summed E-state index contributed by atoms with van der Waals surface area (Å²) < 4.78 is 19.4. The number of nitrogens with zero attached hydrogens (tertiary/aromatic N) is 1. The molecular weight excluding hydrogens is 449 g/mol. The SMILES string of the molecule is O=C(NCC1(c2cccc(F)c2)CCOCC1)c1ccc(CSc2nc3ccccc3[nH]2)cc1. The number of hydrogen-bond donors (Lipinski definition) is 2. The van der Waals surface area contributed by atoms with Crippen molar-refractivity contribution >= 4 is 28.7 Å². The van der Waals surface area contributed by atoms with Crippen LogP contribution in [0.2, 0.25) is 0 Å². The minimum absolute atomic E-state index is 0.126. The zero-order chi connectivity index (χ0) is 23.4. The summed E-state index contributed by atoms with van der Waals surface area (Å²) in [4.78, 5) is 20.8. The van der Waals surface area contributed by atoms with E-state index in [9.17, 15) is 9.18 Å². The molecule has 5 nitrogen and oxygen atoms in total. The van der Waals surface area contributed by atoms with Gasteiger partial charge in [0.2, 0.25) is 0 Å². The fraction of sp³-hybridized carbons (Fsp3) is 0.259. The lowest BCUT2D eigenvalue weighted by molar-refractivity contribution is 0.0486. The van der Waals surface area contributed by atoms with Crippen LogP contribution in [0.4, 0.5) is 4.39 Å². The lowest BCUT2D eigenvalue weighted by Gasteiger charge is -2.38. The first-order valence-corrected chi connectivity index (χ1v) is 12.4. The molecule has 7 heteroatoms. The van der Waals surface area contributed by atoms with Gasteiger partial charge in [0.1, 0.15) is 5.82 Å². The van der Waals surface area contributed by atoms with Crippen LogP contribution in [0.25, 0.3) is 11.0 Å². The first kappa shape index (κ1) is 22.6. The Labute approximate surface area is 202 Å². The van der Waals surface area contributed by atoms with E-state index in [4.69, 9.17) is 4.74 Å². The summed E-state index contributed by atoms with van der Waals surface area (Å²) in [6.45, 7) is 1.65. The first-order valence-electron chi connectivity index (χ1n) is 11.4. The van der Waals surface area contributed by atoms with Crippen molar-refractivity contribution in [1.29, 1.82) is 0 Å². The number of fused-ring (bicyclic) bond motifs is 1. The third kappa shape index (κ3) is 5.00. The van der Waals surface area contributed by atoms with Gasteiger partial charge in [0.15, 0.2) is 5.16 Å². The topological polar surface area (TPSA) is 67.0 Å². The molecule has 2 N–H and O–H groups in total. The fourth-order valence-electron chi connectivity index (χ4n) is 4.40. The molecule has 0 aliphatic carbocycles. The molecule has 3 aromatic carbocycles. The third-order valence-electron chi connectivity index (χ3n) is 6.43. The van der Waals surface area contributed by atoms with Gasteiger partial charge in [-0.25, -0.2) is 9.37 Å². The van der Waals surface area contributed by atoms with Crippen LogP contribution in [0.15, 0.2) is 78.0 Å². The van der Waals surface area contributed by atoms with Crippen molar-refractivity contribution in [3.8, 4) is 0 Å². The van der Waals surface area contributed by atoms with E-state index in [1.165, 1.54) is 6.07 Å². The van der Waals surface area contributed by atoms with E-state index in [2.05, 4.69) is 15.3 Å². The predicted octanol–water partition coefficient (Wildman–Crippen LogP) is 5.47. The van der Waals surface area contributed by atoms with E-state index in [-0.39, 0.29) is 17.1 Å². The molecule has 1 aromatic heterocycles. The van der Waals surface area contributed by atoms with Crippen molar-refractivity contribution in [3.63, 3.8) is 0 Å². The molecule has 0 spiro atoms. The van der Waals surface area contributed by atoms with Crippen LogP contribution >= 0.6 is 11.8 Å². The van der Waals surface area contributed by atoms with Crippen molar-refractivity contribution in [1.82, 2.24) is 15.3 Å². The molecular formula is C27H26FN3O2S. The Kier molecular flexibility index (Phi) is 6.65. The second kappa shape index (κ2) is 9.99. The molecule has 0 radical (unpaired) electrons. The number of benzene rings is 3. The number of carbonyl (C=O) groups excluding carboxylic acids is 1. The number of carbonyl (C=O) groups is 1. The Morgan fingerprint density at radius 2 is 1.85 bits per heavy atom. The average Bonchev–Trinajstić information content (AvgIpc) is 3.30. The Hall–Kier alpha value is -3.16. The summed E-state index contributed by atoms with van der Waals surface area (Å²) in [7, 11) is 0. The Morgan fingerprint density at radius 1 is 1.06 bits per heavy atom. The van der Waals surface area contributed by atoms with Gasteiger partial charge in [0, 0.05) is 36.5 Å². The highest BCUT2D eigenvalue weighted by molar-refractivity contribution is 7.98.